The Morgan fingerprint density at radius 1 is 0.571 bits per heavy atom. The molecule has 1 aliphatic carbocycles. The number of anilines is 4. The average molecular weight is 626 g/mol. The molecule has 0 saturated carbocycles. The van der Waals surface area contributed by atoms with Crippen LogP contribution in [0.1, 0.15) is 25.0 Å². The molecule has 3 aliphatic rings. The van der Waals surface area contributed by atoms with E-state index >= 15 is 0 Å². The summed E-state index contributed by atoms with van der Waals surface area (Å²) in [6.07, 6.45) is 0. The van der Waals surface area contributed by atoms with Gasteiger partial charge in [-0.1, -0.05) is 123 Å². The van der Waals surface area contributed by atoms with E-state index < -0.39 is 0 Å². The van der Waals surface area contributed by atoms with Crippen molar-refractivity contribution in [1.82, 2.24) is 4.57 Å². The first-order valence-electron chi connectivity index (χ1n) is 17.2. The molecule has 2 aliphatic heterocycles. The van der Waals surface area contributed by atoms with Crippen LogP contribution in [0.4, 0.5) is 22.7 Å². The second kappa shape index (κ2) is 9.55. The average Bonchev–Trinajstić information content (AvgIpc) is 3.61. The van der Waals surface area contributed by atoms with E-state index in [1.54, 1.807) is 0 Å². The summed E-state index contributed by atoms with van der Waals surface area (Å²) in [5, 5.41) is 6.80. The molecule has 0 fully saturated rings. The van der Waals surface area contributed by atoms with Gasteiger partial charge in [0.1, 0.15) is 0 Å². The Balaban J connectivity index is 1.28. The van der Waals surface area contributed by atoms with E-state index in [0.29, 0.717) is 0 Å². The third-order valence-electron chi connectivity index (χ3n) is 11.3. The zero-order valence-electron chi connectivity index (χ0n) is 27.4. The Hall–Kier alpha value is -6.00. The molecule has 11 rings (SSSR count). The summed E-state index contributed by atoms with van der Waals surface area (Å²) >= 11 is 0. The number of benzene rings is 7. The molecular weight excluding hydrogens is 593 g/mol. The molecule has 1 N–H and O–H groups in total. The van der Waals surface area contributed by atoms with E-state index in [0.717, 1.165) is 17.1 Å². The smallest absolute Gasteiger partial charge is 0.325 e. The number of hydrogen-bond acceptors (Lipinski definition) is 2. The van der Waals surface area contributed by atoms with E-state index in [1.807, 2.05) is 0 Å². The summed E-state index contributed by atoms with van der Waals surface area (Å²) in [5.74, 6) is 0. The highest BCUT2D eigenvalue weighted by Crippen LogP contribution is 2.55. The van der Waals surface area contributed by atoms with Gasteiger partial charge in [0.2, 0.25) is 0 Å². The molecule has 49 heavy (non-hydrogen) atoms. The summed E-state index contributed by atoms with van der Waals surface area (Å²) in [6.45, 7) is 4.80. The third-order valence-corrected chi connectivity index (χ3v) is 11.3. The number of aromatic nitrogens is 1. The summed E-state index contributed by atoms with van der Waals surface area (Å²) in [5.41, 5.74) is 19.0. The van der Waals surface area contributed by atoms with Gasteiger partial charge in [0.25, 0.3) is 0 Å². The van der Waals surface area contributed by atoms with Crippen molar-refractivity contribution in [1.29, 1.82) is 0 Å². The predicted octanol–water partition coefficient (Wildman–Crippen LogP) is 10.1. The fraction of sp³-hybridized carbons (Fsp3) is 0.0667. The first-order valence-corrected chi connectivity index (χ1v) is 17.2. The lowest BCUT2D eigenvalue weighted by Gasteiger charge is -2.38. The number of nitrogens with zero attached hydrogens (tertiary/aromatic N) is 2. The quantitative estimate of drug-likeness (QED) is 0.197. The van der Waals surface area contributed by atoms with Gasteiger partial charge in [0, 0.05) is 50.2 Å². The zero-order chi connectivity index (χ0) is 32.4. The summed E-state index contributed by atoms with van der Waals surface area (Å²) in [7, 11) is 0. The summed E-state index contributed by atoms with van der Waals surface area (Å²) in [6, 6.07) is 55.9. The van der Waals surface area contributed by atoms with E-state index in [-0.39, 0.29) is 12.3 Å². The summed E-state index contributed by atoms with van der Waals surface area (Å²) in [4.78, 5) is 2.41. The molecule has 4 heteroatoms. The van der Waals surface area contributed by atoms with Gasteiger partial charge >= 0.3 is 6.85 Å². The number of nitrogens with one attached hydrogen (secondary N) is 1. The Kier molecular flexibility index (Phi) is 5.26. The summed E-state index contributed by atoms with van der Waals surface area (Å²) < 4.78 is 2.53. The van der Waals surface area contributed by atoms with Crippen molar-refractivity contribution in [3.8, 4) is 27.9 Å². The van der Waals surface area contributed by atoms with Crippen molar-refractivity contribution in [2.45, 2.75) is 19.3 Å². The molecule has 0 atom stereocenters. The van der Waals surface area contributed by atoms with Gasteiger partial charge in [-0.2, -0.15) is 0 Å². The molecule has 0 unspecified atom stereocenters. The highest BCUT2D eigenvalue weighted by Gasteiger charge is 2.44. The van der Waals surface area contributed by atoms with Crippen LogP contribution in [0.2, 0.25) is 0 Å². The Labute approximate surface area is 286 Å². The maximum Gasteiger partial charge on any atom is 0.325 e. The van der Waals surface area contributed by atoms with Gasteiger partial charge in [-0.3, -0.25) is 0 Å². The van der Waals surface area contributed by atoms with Gasteiger partial charge in [0.05, 0.1) is 11.0 Å². The first kappa shape index (κ1) is 27.0. The topological polar surface area (TPSA) is 20.2 Å². The fourth-order valence-corrected chi connectivity index (χ4v) is 9.29. The Bertz CT molecular complexity index is 2630. The minimum Gasteiger partial charge on any atom is -0.419 e. The van der Waals surface area contributed by atoms with Gasteiger partial charge in [0.15, 0.2) is 0 Å². The second-order valence-corrected chi connectivity index (χ2v) is 14.2. The van der Waals surface area contributed by atoms with Crippen LogP contribution in [0, 0.1) is 0 Å². The van der Waals surface area contributed by atoms with Crippen molar-refractivity contribution in [2.24, 2.45) is 0 Å². The molecule has 0 amide bonds. The molecule has 0 saturated heterocycles. The van der Waals surface area contributed by atoms with Crippen LogP contribution in [0.5, 0.6) is 0 Å². The maximum absolute atomic E-state index is 4.22. The fourth-order valence-electron chi connectivity index (χ4n) is 9.29. The van der Waals surface area contributed by atoms with E-state index in [2.05, 4.69) is 180 Å². The Morgan fingerprint density at radius 3 is 2.04 bits per heavy atom. The molecule has 3 heterocycles. The minimum atomic E-state index is -0.141. The number of rotatable bonds is 3. The van der Waals surface area contributed by atoms with Crippen molar-refractivity contribution >= 4 is 62.3 Å². The normalized spacial score (nSPS) is 14.2. The predicted molar refractivity (Wildman–Crippen MR) is 207 cm³/mol. The lowest BCUT2D eigenvalue weighted by atomic mass is 9.45. The van der Waals surface area contributed by atoms with Crippen LogP contribution < -0.4 is 21.1 Å². The first-order chi connectivity index (χ1) is 24.1. The maximum atomic E-state index is 4.22. The standard InChI is InChI=1S/C45H32BN3/c1-45(2)37-21-11-9-18-31(37)33-24-25-34-36-26-30(48(28-14-5-3-6-15-28)29-16-7-4-8-17-29)27-40-42(36)46(47-43(34)41(33)45)38-22-13-20-35-32-19-10-12-23-39(32)49(40)44(35)38/h3-27,47H,1-2H3. The molecular formula is C45H32BN3. The van der Waals surface area contributed by atoms with Crippen LogP contribution in [0.3, 0.4) is 0 Å². The largest absolute Gasteiger partial charge is 0.419 e. The van der Waals surface area contributed by atoms with E-state index in [1.165, 1.54) is 77.5 Å². The molecule has 7 aromatic carbocycles. The molecule has 8 aromatic rings. The molecule has 230 valence electrons. The van der Waals surface area contributed by atoms with Crippen LogP contribution in [-0.2, 0) is 5.41 Å². The number of para-hydroxylation sites is 4. The van der Waals surface area contributed by atoms with Crippen molar-refractivity contribution in [2.75, 3.05) is 10.1 Å². The second-order valence-electron chi connectivity index (χ2n) is 14.2. The van der Waals surface area contributed by atoms with Gasteiger partial charge < -0.3 is 14.7 Å². The third kappa shape index (κ3) is 3.48. The lowest BCUT2D eigenvalue weighted by Crippen LogP contribution is -2.56. The van der Waals surface area contributed by atoms with Crippen LogP contribution in [-0.4, -0.2) is 11.4 Å². The molecule has 0 radical (unpaired) electrons. The van der Waals surface area contributed by atoms with Gasteiger partial charge in [-0.25, -0.2) is 0 Å². The highest BCUT2D eigenvalue weighted by atomic mass is 15.1. The van der Waals surface area contributed by atoms with Gasteiger partial charge in [-0.15, -0.1) is 0 Å². The Morgan fingerprint density at radius 2 is 1.24 bits per heavy atom. The van der Waals surface area contributed by atoms with Crippen molar-refractivity contribution in [3.05, 3.63) is 163 Å². The van der Waals surface area contributed by atoms with E-state index in [9.17, 15) is 0 Å². The molecule has 1 aromatic heterocycles. The molecule has 0 spiro atoms. The van der Waals surface area contributed by atoms with Crippen LogP contribution in [0.25, 0.3) is 49.7 Å². The monoisotopic (exact) mass is 625 g/mol. The van der Waals surface area contributed by atoms with Crippen LogP contribution >= 0.6 is 0 Å². The molecule has 0 bridgehead atoms. The SMILES string of the molecule is CC1(C)c2ccccc2-c2ccc3c(c21)NB1c2c-3cc(N(c3ccccc3)c3ccccc3)cc2-n2c3ccccc3c3cccc1c32. The lowest BCUT2D eigenvalue weighted by molar-refractivity contribution is 0.663. The highest BCUT2D eigenvalue weighted by molar-refractivity contribution is 6.92. The van der Waals surface area contributed by atoms with Crippen molar-refractivity contribution in [3.63, 3.8) is 0 Å². The number of hydrogen-bond donors (Lipinski definition) is 1. The van der Waals surface area contributed by atoms with E-state index in [4.69, 9.17) is 0 Å². The van der Waals surface area contributed by atoms with Crippen LogP contribution in [0.15, 0.2) is 152 Å². The zero-order valence-corrected chi connectivity index (χ0v) is 27.4. The number of fused-ring (bicyclic) bond motifs is 11. The minimum absolute atomic E-state index is 0.0139. The van der Waals surface area contributed by atoms with Crippen molar-refractivity contribution < 1.29 is 0 Å². The van der Waals surface area contributed by atoms with Gasteiger partial charge in [-0.05, 0) is 81.2 Å². The molecule has 3 nitrogen and oxygen atoms in total.